The van der Waals surface area contributed by atoms with Gasteiger partial charge < -0.3 is 26.0 Å². The van der Waals surface area contributed by atoms with Gasteiger partial charge in [0.1, 0.15) is 24.7 Å². The van der Waals surface area contributed by atoms with Crippen molar-refractivity contribution >= 4 is 14.1 Å². The van der Waals surface area contributed by atoms with Crippen LogP contribution in [0.4, 0.5) is 0 Å². The van der Waals surface area contributed by atoms with Crippen LogP contribution in [0.15, 0.2) is 53.5 Å². The molecule has 3 atom stereocenters. The zero-order valence-electron chi connectivity index (χ0n) is 27.2. The summed E-state index contributed by atoms with van der Waals surface area (Å²) < 4.78 is 11.6. The van der Waals surface area contributed by atoms with Gasteiger partial charge in [0.25, 0.3) is 0 Å². The second kappa shape index (κ2) is 19.7. The molecule has 1 fully saturated rings. The largest absolute Gasteiger partial charge is 1.00 e. The molecule has 215 valence electrons. The molecule has 40 heavy (non-hydrogen) atoms. The molecule has 3 radical (unpaired) electrons. The molecule has 6 nitrogen and oxygen atoms in total. The topological polar surface area (TPSA) is 49.3 Å². The van der Waals surface area contributed by atoms with Crippen molar-refractivity contribution in [1.29, 1.82) is 0 Å². The molecule has 2 aromatic rings. The molecule has 2 heterocycles. The summed E-state index contributed by atoms with van der Waals surface area (Å²) in [6.45, 7) is 10.0. The quantitative estimate of drug-likeness (QED) is 0.455. The number of ether oxygens (including phenoxy) is 2. The minimum absolute atomic E-state index is 0. The van der Waals surface area contributed by atoms with Crippen LogP contribution in [0.25, 0.3) is 0 Å². The first-order valence-corrected chi connectivity index (χ1v) is 14.3. The molecule has 0 amide bonds. The Labute approximate surface area is 269 Å². The van der Waals surface area contributed by atoms with Gasteiger partial charge in [-0.2, -0.15) is 0 Å². The van der Waals surface area contributed by atoms with E-state index in [1.54, 1.807) is 0 Å². The number of nitrogens with zero attached hydrogens (tertiary/aromatic N) is 3. The van der Waals surface area contributed by atoms with Gasteiger partial charge in [0.15, 0.2) is 0 Å². The molecule has 2 aliphatic heterocycles. The van der Waals surface area contributed by atoms with E-state index in [1.807, 2.05) is 12.1 Å². The molecular formula is C32H51BN4NaO2. The van der Waals surface area contributed by atoms with Crippen LogP contribution in [0.3, 0.4) is 0 Å². The Morgan fingerprint density at radius 2 is 1.48 bits per heavy atom. The smallest absolute Gasteiger partial charge is 1.00 e. The maximum atomic E-state index is 5.80. The molecule has 0 bridgehead atoms. The first kappa shape index (κ1) is 36.7. The standard InChI is InChI=1S/C16H26N2O.C16H24N2O.B.Na.H/c2*1-13-7-8-16(17-12-13)14-5-4-6-15(11-14)19-10-9-18(2)3;;;/h4-6,11,13,16-17H,7-10,12H2,1-3H3;4-6,11,13H,7-10,12H2,1-3H3;;;/q;;;+1;-1/t13-,16?;13-;;;/m00.../s1. The second-order valence-electron chi connectivity index (χ2n) is 11.5. The van der Waals surface area contributed by atoms with Crippen molar-refractivity contribution in [2.24, 2.45) is 16.8 Å². The Hall–Kier alpha value is -1.35. The number of hydrogen-bond donors (Lipinski definition) is 1. The zero-order chi connectivity index (χ0) is 27.3. The minimum atomic E-state index is 0. The Balaban J connectivity index is 0.000000727. The first-order chi connectivity index (χ1) is 18.3. The van der Waals surface area contributed by atoms with Gasteiger partial charge in [-0.05, 0) is 108 Å². The Morgan fingerprint density at radius 3 is 2.02 bits per heavy atom. The summed E-state index contributed by atoms with van der Waals surface area (Å²) in [6, 6.07) is 17.3. The predicted molar refractivity (Wildman–Crippen MR) is 167 cm³/mol. The number of aliphatic imine (C=N–C) groups is 1. The zero-order valence-corrected chi connectivity index (χ0v) is 28.2. The summed E-state index contributed by atoms with van der Waals surface area (Å²) in [7, 11) is 8.23. The Kier molecular flexibility index (Phi) is 18.1. The molecular weight excluding hydrogens is 506 g/mol. The number of hydrogen-bond acceptors (Lipinski definition) is 6. The Bertz CT molecular complexity index is 1000. The van der Waals surface area contributed by atoms with Crippen LogP contribution in [0.2, 0.25) is 0 Å². The van der Waals surface area contributed by atoms with Crippen LogP contribution in [-0.4, -0.2) is 91.5 Å². The van der Waals surface area contributed by atoms with E-state index >= 15 is 0 Å². The van der Waals surface area contributed by atoms with Crippen molar-refractivity contribution in [3.63, 3.8) is 0 Å². The molecule has 4 rings (SSSR count). The van der Waals surface area contributed by atoms with Gasteiger partial charge in [-0.3, -0.25) is 4.99 Å². The second-order valence-corrected chi connectivity index (χ2v) is 11.5. The molecule has 0 spiro atoms. The fraction of sp³-hybridized carbons (Fsp3) is 0.594. The number of likely N-dealkylation sites (N-methyl/N-ethyl adjacent to an activating group) is 2. The number of nitrogens with one attached hydrogen (secondary N) is 1. The number of piperidine rings is 1. The van der Waals surface area contributed by atoms with Crippen molar-refractivity contribution in [2.75, 3.05) is 67.6 Å². The van der Waals surface area contributed by atoms with Crippen molar-refractivity contribution in [3.8, 4) is 11.5 Å². The number of rotatable bonds is 10. The molecule has 1 saturated heterocycles. The molecule has 2 aliphatic rings. The van der Waals surface area contributed by atoms with E-state index in [-0.39, 0.29) is 39.4 Å². The summed E-state index contributed by atoms with van der Waals surface area (Å²) in [5, 5.41) is 3.62. The van der Waals surface area contributed by atoms with Crippen molar-refractivity contribution in [2.45, 2.75) is 45.6 Å². The van der Waals surface area contributed by atoms with Crippen molar-refractivity contribution < 1.29 is 40.5 Å². The van der Waals surface area contributed by atoms with E-state index in [1.165, 1.54) is 36.1 Å². The monoisotopic (exact) mass is 557 g/mol. The third kappa shape index (κ3) is 13.5. The summed E-state index contributed by atoms with van der Waals surface area (Å²) in [5.41, 5.74) is 3.81. The van der Waals surface area contributed by atoms with Gasteiger partial charge in [-0.25, -0.2) is 0 Å². The van der Waals surface area contributed by atoms with E-state index in [9.17, 15) is 0 Å². The van der Waals surface area contributed by atoms with E-state index in [4.69, 9.17) is 9.47 Å². The van der Waals surface area contributed by atoms with Crippen molar-refractivity contribution in [3.05, 3.63) is 59.7 Å². The Morgan fingerprint density at radius 1 is 0.850 bits per heavy atom. The molecule has 8 heteroatoms. The first-order valence-electron chi connectivity index (χ1n) is 14.3. The fourth-order valence-corrected chi connectivity index (χ4v) is 4.62. The van der Waals surface area contributed by atoms with Crippen LogP contribution in [0.1, 0.15) is 58.1 Å². The van der Waals surface area contributed by atoms with Crippen LogP contribution < -0.4 is 44.3 Å². The molecule has 1 unspecified atom stereocenters. The predicted octanol–water partition coefficient (Wildman–Crippen LogP) is 2.27. The molecule has 0 aliphatic carbocycles. The van der Waals surface area contributed by atoms with Crippen LogP contribution in [0, 0.1) is 11.8 Å². The maximum absolute atomic E-state index is 5.80. The maximum Gasteiger partial charge on any atom is 1.00 e. The summed E-state index contributed by atoms with van der Waals surface area (Å²) in [5.74, 6) is 3.46. The summed E-state index contributed by atoms with van der Waals surface area (Å²) in [6.07, 6.45) is 4.86. The molecule has 0 saturated carbocycles. The molecule has 2 aromatic carbocycles. The normalized spacial score (nSPS) is 20.4. The average molecular weight is 558 g/mol. The van der Waals surface area contributed by atoms with Gasteiger partial charge in [-0.1, -0.05) is 38.1 Å². The molecule has 1 N–H and O–H groups in total. The SMILES string of the molecule is C[C@H]1CCC(c2cccc(OCCN(C)C)c2)=NC1.C[C@H]1CCC(c2cccc(OCCN(C)C)c2)NC1.[B].[H-].[Na+]. The van der Waals surface area contributed by atoms with Crippen molar-refractivity contribution in [1.82, 2.24) is 15.1 Å². The minimum Gasteiger partial charge on any atom is -1.00 e. The van der Waals surface area contributed by atoms with E-state index < -0.39 is 0 Å². The molecule has 0 aromatic heterocycles. The van der Waals surface area contributed by atoms with Gasteiger partial charge in [0, 0.05) is 39.8 Å². The van der Waals surface area contributed by atoms with E-state index in [0.717, 1.165) is 69.1 Å². The van der Waals surface area contributed by atoms with E-state index in [0.29, 0.717) is 6.04 Å². The number of benzene rings is 2. The summed E-state index contributed by atoms with van der Waals surface area (Å²) in [4.78, 5) is 8.94. The van der Waals surface area contributed by atoms with Gasteiger partial charge in [-0.15, -0.1) is 0 Å². The van der Waals surface area contributed by atoms with Crippen LogP contribution in [-0.2, 0) is 0 Å². The van der Waals surface area contributed by atoms with Crippen LogP contribution >= 0.6 is 0 Å². The van der Waals surface area contributed by atoms with Crippen LogP contribution in [0.5, 0.6) is 11.5 Å². The van der Waals surface area contributed by atoms with Gasteiger partial charge in [0.05, 0.1) is 0 Å². The average Bonchev–Trinajstić information content (AvgIpc) is 2.90. The summed E-state index contributed by atoms with van der Waals surface area (Å²) >= 11 is 0. The third-order valence-electron chi connectivity index (χ3n) is 7.17. The third-order valence-corrected chi connectivity index (χ3v) is 7.17. The fourth-order valence-electron chi connectivity index (χ4n) is 4.62. The van der Waals surface area contributed by atoms with Gasteiger partial charge >= 0.3 is 29.6 Å². The van der Waals surface area contributed by atoms with Gasteiger partial charge in [0.2, 0.25) is 0 Å². The van der Waals surface area contributed by atoms with E-state index in [2.05, 4.69) is 98.5 Å².